The van der Waals surface area contributed by atoms with Gasteiger partial charge in [0.2, 0.25) is 11.7 Å². The molecule has 5 rings (SSSR count). The molecule has 0 unspecified atom stereocenters. The van der Waals surface area contributed by atoms with Crippen molar-refractivity contribution < 1.29 is 23.0 Å². The minimum absolute atomic E-state index is 0.0203. The fourth-order valence-corrected chi connectivity index (χ4v) is 4.71. The Labute approximate surface area is 189 Å². The zero-order chi connectivity index (χ0) is 23.4. The standard InChI is InChI=1S/C23H25F2N5O3/c1-13(2)33-20-14(19(31)28-17-6-4-5-15(26-17)18(24)25)9-30-10-16(27-21(30)29-20)23-8-7-22(3,11-23)32-12-23/h4-6,9-10,13,18H,7-8,11-12H2,1-3H3,(H,26,28,31)/t22-,23-/m0/s1. The summed E-state index contributed by atoms with van der Waals surface area (Å²) in [5.74, 6) is -0.00420. The number of pyridine rings is 1. The molecule has 0 aromatic carbocycles. The third-order valence-corrected chi connectivity index (χ3v) is 6.33. The van der Waals surface area contributed by atoms with Gasteiger partial charge in [0, 0.05) is 17.8 Å². The SMILES string of the molecule is CC(C)Oc1nc2nc([C@@]34CC[C@@](C)(C3)OC4)cn2cc1C(=O)Nc1cccc(C(F)F)n1. The molecular formula is C23H25F2N5O3. The summed E-state index contributed by atoms with van der Waals surface area (Å²) in [4.78, 5) is 26.1. The molecule has 2 aliphatic rings. The van der Waals surface area contributed by atoms with E-state index in [0.717, 1.165) is 25.0 Å². The summed E-state index contributed by atoms with van der Waals surface area (Å²) in [5, 5.41) is 2.57. The zero-order valence-corrected chi connectivity index (χ0v) is 18.6. The molecule has 1 saturated heterocycles. The van der Waals surface area contributed by atoms with Gasteiger partial charge in [0.05, 0.1) is 24.0 Å². The Morgan fingerprint density at radius 3 is 2.67 bits per heavy atom. The first-order valence-corrected chi connectivity index (χ1v) is 10.9. The number of carbonyl (C=O) groups excluding carboxylic acids is 1. The van der Waals surface area contributed by atoms with E-state index in [9.17, 15) is 13.6 Å². The summed E-state index contributed by atoms with van der Waals surface area (Å²) in [6.45, 7) is 6.39. The van der Waals surface area contributed by atoms with Crippen LogP contribution in [0.25, 0.3) is 5.78 Å². The van der Waals surface area contributed by atoms with E-state index in [1.807, 2.05) is 20.0 Å². The zero-order valence-electron chi connectivity index (χ0n) is 18.6. The lowest BCUT2D eigenvalue weighted by Gasteiger charge is -2.24. The van der Waals surface area contributed by atoms with E-state index in [1.54, 1.807) is 10.6 Å². The number of hydrogen-bond acceptors (Lipinski definition) is 6. The van der Waals surface area contributed by atoms with Gasteiger partial charge in [-0.05, 0) is 52.2 Å². The number of rotatable bonds is 6. The molecule has 8 nitrogen and oxygen atoms in total. The highest BCUT2D eigenvalue weighted by Gasteiger charge is 2.55. The molecule has 1 saturated carbocycles. The summed E-state index contributed by atoms with van der Waals surface area (Å²) in [7, 11) is 0. The summed E-state index contributed by atoms with van der Waals surface area (Å²) in [6.07, 6.45) is 3.38. The van der Waals surface area contributed by atoms with Gasteiger partial charge in [-0.1, -0.05) is 6.07 Å². The lowest BCUT2D eigenvalue weighted by molar-refractivity contribution is -0.00627. The van der Waals surface area contributed by atoms with Gasteiger partial charge in [-0.3, -0.25) is 9.20 Å². The van der Waals surface area contributed by atoms with Gasteiger partial charge in [0.25, 0.3) is 12.3 Å². The smallest absolute Gasteiger partial charge is 0.280 e. The number of nitrogens with zero attached hydrogens (tertiary/aromatic N) is 4. The number of halogens is 2. The van der Waals surface area contributed by atoms with E-state index >= 15 is 0 Å². The third kappa shape index (κ3) is 3.92. The second-order valence-corrected chi connectivity index (χ2v) is 9.36. The predicted octanol–water partition coefficient (Wildman–Crippen LogP) is 4.31. The summed E-state index contributed by atoms with van der Waals surface area (Å²) in [6, 6.07) is 4.07. The molecule has 174 valence electrons. The van der Waals surface area contributed by atoms with Gasteiger partial charge in [-0.25, -0.2) is 18.7 Å². The van der Waals surface area contributed by atoms with Crippen LogP contribution in [0.1, 0.15) is 68.2 Å². The topological polar surface area (TPSA) is 90.6 Å². The molecule has 1 aliphatic heterocycles. The highest BCUT2D eigenvalue weighted by Crippen LogP contribution is 2.53. The van der Waals surface area contributed by atoms with Gasteiger partial charge < -0.3 is 14.8 Å². The second kappa shape index (κ2) is 7.72. The number of aromatic nitrogens is 4. The van der Waals surface area contributed by atoms with Crippen molar-refractivity contribution in [3.05, 3.63) is 47.5 Å². The van der Waals surface area contributed by atoms with Crippen LogP contribution in [0.4, 0.5) is 14.6 Å². The number of amides is 1. The number of nitrogens with one attached hydrogen (secondary N) is 1. The first-order valence-electron chi connectivity index (χ1n) is 10.9. The quantitative estimate of drug-likeness (QED) is 0.593. The Morgan fingerprint density at radius 2 is 2.03 bits per heavy atom. The Kier molecular flexibility index (Phi) is 5.08. The van der Waals surface area contributed by atoms with Crippen LogP contribution in [0, 0.1) is 0 Å². The number of hydrogen-bond donors (Lipinski definition) is 1. The number of alkyl halides is 2. The molecule has 2 bridgehead atoms. The predicted molar refractivity (Wildman–Crippen MR) is 116 cm³/mol. The fourth-order valence-electron chi connectivity index (χ4n) is 4.71. The second-order valence-electron chi connectivity index (χ2n) is 9.36. The molecule has 10 heteroatoms. The molecule has 0 spiro atoms. The average Bonchev–Trinajstić information content (AvgIpc) is 3.43. The van der Waals surface area contributed by atoms with Crippen LogP contribution < -0.4 is 10.1 Å². The Morgan fingerprint density at radius 1 is 1.21 bits per heavy atom. The number of fused-ring (bicyclic) bond motifs is 3. The molecular weight excluding hydrogens is 432 g/mol. The molecule has 1 amide bonds. The minimum Gasteiger partial charge on any atom is -0.474 e. The number of imidazole rings is 1. The van der Waals surface area contributed by atoms with E-state index in [2.05, 4.69) is 22.2 Å². The number of ether oxygens (including phenoxy) is 2. The monoisotopic (exact) mass is 457 g/mol. The van der Waals surface area contributed by atoms with Crippen LogP contribution in [0.2, 0.25) is 0 Å². The maximum Gasteiger partial charge on any atom is 0.280 e. The maximum atomic E-state index is 13.1. The van der Waals surface area contributed by atoms with E-state index in [4.69, 9.17) is 14.5 Å². The molecule has 4 heterocycles. The average molecular weight is 457 g/mol. The van der Waals surface area contributed by atoms with Crippen LogP contribution in [0.5, 0.6) is 5.88 Å². The normalized spacial score (nSPS) is 24.2. The lowest BCUT2D eigenvalue weighted by atomic mass is 9.84. The van der Waals surface area contributed by atoms with Gasteiger partial charge in [-0.15, -0.1) is 0 Å². The highest BCUT2D eigenvalue weighted by molar-refractivity contribution is 6.05. The van der Waals surface area contributed by atoms with Crippen LogP contribution in [0.15, 0.2) is 30.6 Å². The van der Waals surface area contributed by atoms with Crippen LogP contribution in [-0.4, -0.2) is 43.6 Å². The third-order valence-electron chi connectivity index (χ3n) is 6.33. The largest absolute Gasteiger partial charge is 0.474 e. The molecule has 0 radical (unpaired) electrons. The van der Waals surface area contributed by atoms with E-state index < -0.39 is 18.0 Å². The first kappa shape index (κ1) is 21.7. The van der Waals surface area contributed by atoms with Crippen molar-refractivity contribution >= 4 is 17.5 Å². The van der Waals surface area contributed by atoms with Crippen molar-refractivity contribution in [1.82, 2.24) is 19.4 Å². The molecule has 3 aromatic heterocycles. The number of anilines is 1. The van der Waals surface area contributed by atoms with E-state index in [-0.39, 0.29) is 34.4 Å². The summed E-state index contributed by atoms with van der Waals surface area (Å²) < 4.78 is 39.5. The van der Waals surface area contributed by atoms with E-state index in [1.165, 1.54) is 18.2 Å². The fraction of sp³-hybridized carbons (Fsp3) is 0.478. The molecule has 2 atom stereocenters. The van der Waals surface area contributed by atoms with Gasteiger partial charge in [0.1, 0.15) is 17.1 Å². The van der Waals surface area contributed by atoms with Gasteiger partial charge in [-0.2, -0.15) is 4.98 Å². The van der Waals surface area contributed by atoms with Crippen LogP contribution in [-0.2, 0) is 10.2 Å². The molecule has 1 aliphatic carbocycles. The Bertz CT molecular complexity index is 1220. The Hall–Kier alpha value is -3.14. The van der Waals surface area contributed by atoms with Gasteiger partial charge >= 0.3 is 0 Å². The van der Waals surface area contributed by atoms with E-state index in [0.29, 0.717) is 12.4 Å². The number of carbonyl (C=O) groups is 1. The summed E-state index contributed by atoms with van der Waals surface area (Å²) in [5.41, 5.74) is 0.362. The van der Waals surface area contributed by atoms with Crippen molar-refractivity contribution in [2.75, 3.05) is 11.9 Å². The van der Waals surface area contributed by atoms with Crippen LogP contribution in [0.3, 0.4) is 0 Å². The van der Waals surface area contributed by atoms with Crippen molar-refractivity contribution in [2.24, 2.45) is 0 Å². The summed E-state index contributed by atoms with van der Waals surface area (Å²) >= 11 is 0. The maximum absolute atomic E-state index is 13.1. The highest BCUT2D eigenvalue weighted by atomic mass is 19.3. The van der Waals surface area contributed by atoms with Crippen molar-refractivity contribution in [3.63, 3.8) is 0 Å². The minimum atomic E-state index is -2.74. The first-order chi connectivity index (χ1) is 15.7. The van der Waals surface area contributed by atoms with Gasteiger partial charge in [0.15, 0.2) is 0 Å². The molecule has 33 heavy (non-hydrogen) atoms. The molecule has 1 N–H and O–H groups in total. The molecule has 2 fully saturated rings. The van der Waals surface area contributed by atoms with Crippen molar-refractivity contribution in [3.8, 4) is 5.88 Å². The Balaban J connectivity index is 1.50. The van der Waals surface area contributed by atoms with Crippen molar-refractivity contribution in [1.29, 1.82) is 0 Å². The van der Waals surface area contributed by atoms with Crippen molar-refractivity contribution in [2.45, 2.75) is 63.6 Å². The lowest BCUT2D eigenvalue weighted by Crippen LogP contribution is -2.26. The van der Waals surface area contributed by atoms with Crippen LogP contribution >= 0.6 is 0 Å². The molecule has 3 aromatic rings.